The second-order valence-corrected chi connectivity index (χ2v) is 5.62. The van der Waals surface area contributed by atoms with E-state index in [1.807, 2.05) is 12.1 Å². The second-order valence-electron chi connectivity index (χ2n) is 4.16. The molecule has 1 unspecified atom stereocenters. The topological polar surface area (TPSA) is 75.6 Å². The normalized spacial score (nSPS) is 23.3. The lowest BCUT2D eigenvalue weighted by atomic mass is 9.95. The summed E-state index contributed by atoms with van der Waals surface area (Å²) in [5.41, 5.74) is -0.670. The van der Waals surface area contributed by atoms with Crippen LogP contribution in [0.3, 0.4) is 0 Å². The molecule has 16 heavy (non-hydrogen) atoms. The van der Waals surface area contributed by atoms with Gasteiger partial charge in [-0.1, -0.05) is 18.2 Å². The molecule has 1 aromatic rings. The fourth-order valence-corrected chi connectivity index (χ4v) is 2.39. The van der Waals surface area contributed by atoms with E-state index >= 15 is 0 Å². The van der Waals surface area contributed by atoms with E-state index in [0.717, 1.165) is 5.56 Å². The molecule has 5 nitrogen and oxygen atoms in total. The first kappa shape index (κ1) is 11.4. The Balaban J connectivity index is 2.49. The molecule has 0 bridgehead atoms. The van der Waals surface area contributed by atoms with Crippen LogP contribution in [0.2, 0.25) is 0 Å². The van der Waals surface area contributed by atoms with E-state index in [2.05, 4.69) is 5.32 Å². The van der Waals surface area contributed by atoms with E-state index in [4.69, 9.17) is 9.29 Å². The van der Waals surface area contributed by atoms with Gasteiger partial charge in [0.15, 0.2) is 0 Å². The molecule has 6 heteroatoms. The Hall–Kier alpha value is -1.11. The van der Waals surface area contributed by atoms with Gasteiger partial charge in [-0.2, -0.15) is 8.42 Å². The third-order valence-electron chi connectivity index (χ3n) is 2.52. The molecule has 2 rings (SSSR count). The first-order valence-corrected chi connectivity index (χ1v) is 6.31. The van der Waals surface area contributed by atoms with Crippen molar-refractivity contribution in [3.05, 3.63) is 29.8 Å². The van der Waals surface area contributed by atoms with Gasteiger partial charge < -0.3 is 10.1 Å². The second kappa shape index (κ2) is 3.44. The minimum atomic E-state index is -4.27. The number of hydrogen-bond acceptors (Lipinski definition) is 4. The van der Waals surface area contributed by atoms with E-state index in [9.17, 15) is 8.42 Å². The Bertz CT molecular complexity index is 509. The molecule has 1 aliphatic rings. The van der Waals surface area contributed by atoms with Crippen molar-refractivity contribution in [1.82, 2.24) is 0 Å². The summed E-state index contributed by atoms with van der Waals surface area (Å²) in [4.78, 5) is 0. The maximum Gasteiger partial charge on any atom is 0.312 e. The van der Waals surface area contributed by atoms with Crippen LogP contribution in [0.1, 0.15) is 19.4 Å². The van der Waals surface area contributed by atoms with Crippen LogP contribution in [0, 0.1) is 0 Å². The first-order chi connectivity index (χ1) is 7.31. The molecule has 1 aliphatic heterocycles. The molecule has 0 aliphatic carbocycles. The quantitative estimate of drug-likeness (QED) is 0.732. The zero-order valence-electron chi connectivity index (χ0n) is 8.97. The average molecular weight is 243 g/mol. The summed E-state index contributed by atoms with van der Waals surface area (Å²) < 4.78 is 36.4. The molecule has 0 aromatic heterocycles. The number of anilines is 1. The van der Waals surface area contributed by atoms with Crippen molar-refractivity contribution in [3.8, 4) is 0 Å². The summed E-state index contributed by atoms with van der Waals surface area (Å²) in [6.07, 6.45) is 0. The molecule has 0 radical (unpaired) electrons. The standard InChI is InChI=1S/C10H13NO4S/c1-10(2)7-5-3-4-6-8(7)11-9(15-10)16(12,13)14/h3-6,9,11H,1-2H3,(H,12,13,14). The van der Waals surface area contributed by atoms with Crippen LogP contribution in [0.4, 0.5) is 5.69 Å². The van der Waals surface area contributed by atoms with Gasteiger partial charge in [0.1, 0.15) is 0 Å². The van der Waals surface area contributed by atoms with Crippen LogP contribution < -0.4 is 5.32 Å². The molecule has 1 aromatic carbocycles. The monoisotopic (exact) mass is 243 g/mol. The number of para-hydroxylation sites is 1. The van der Waals surface area contributed by atoms with Crippen molar-refractivity contribution in [2.75, 3.05) is 5.32 Å². The Morgan fingerprint density at radius 1 is 1.38 bits per heavy atom. The molecule has 0 fully saturated rings. The van der Waals surface area contributed by atoms with Gasteiger partial charge in [0.25, 0.3) is 5.56 Å². The molecule has 0 saturated heterocycles. The number of benzene rings is 1. The van der Waals surface area contributed by atoms with Gasteiger partial charge in [-0.25, -0.2) is 0 Å². The van der Waals surface area contributed by atoms with Crippen molar-refractivity contribution < 1.29 is 17.7 Å². The number of nitrogens with one attached hydrogen (secondary N) is 1. The Kier molecular flexibility index (Phi) is 2.45. The van der Waals surface area contributed by atoms with Gasteiger partial charge in [0.2, 0.25) is 0 Å². The fourth-order valence-electron chi connectivity index (χ4n) is 1.76. The van der Waals surface area contributed by atoms with Crippen LogP contribution in [-0.2, 0) is 20.5 Å². The molecule has 1 atom stereocenters. The zero-order valence-corrected chi connectivity index (χ0v) is 9.78. The smallest absolute Gasteiger partial charge is 0.312 e. The van der Waals surface area contributed by atoms with Crippen LogP contribution in [0.15, 0.2) is 24.3 Å². The summed E-state index contributed by atoms with van der Waals surface area (Å²) in [5.74, 6) is 0. The Labute approximate surface area is 94.2 Å². The SMILES string of the molecule is CC1(C)OC(S(=O)(=O)O)Nc2ccccc21. The number of fused-ring (bicyclic) bond motifs is 1. The van der Waals surface area contributed by atoms with Crippen molar-refractivity contribution in [1.29, 1.82) is 0 Å². The molecule has 0 saturated carbocycles. The molecule has 2 N–H and O–H groups in total. The summed E-state index contributed by atoms with van der Waals surface area (Å²) >= 11 is 0. The minimum Gasteiger partial charge on any atom is -0.345 e. The lowest BCUT2D eigenvalue weighted by molar-refractivity contribution is -0.0406. The third kappa shape index (κ3) is 1.91. The van der Waals surface area contributed by atoms with Crippen molar-refractivity contribution in [2.24, 2.45) is 0 Å². The van der Waals surface area contributed by atoms with Crippen LogP contribution in [0.5, 0.6) is 0 Å². The zero-order chi connectivity index (χ0) is 12.0. The minimum absolute atomic E-state index is 0.654. The van der Waals surface area contributed by atoms with Crippen molar-refractivity contribution >= 4 is 15.8 Å². The van der Waals surface area contributed by atoms with Crippen LogP contribution in [0.25, 0.3) is 0 Å². The molecular formula is C10H13NO4S. The molecule has 88 valence electrons. The summed E-state index contributed by atoms with van der Waals surface area (Å²) in [6, 6.07) is 7.23. The predicted octanol–water partition coefficient (Wildman–Crippen LogP) is 1.54. The van der Waals surface area contributed by atoms with E-state index in [1.54, 1.807) is 26.0 Å². The maximum atomic E-state index is 11.1. The van der Waals surface area contributed by atoms with Gasteiger partial charge >= 0.3 is 10.1 Å². The van der Waals surface area contributed by atoms with E-state index in [0.29, 0.717) is 5.69 Å². The molecule has 1 heterocycles. The summed E-state index contributed by atoms with van der Waals surface area (Å²) in [5, 5.41) is 2.63. The lowest BCUT2D eigenvalue weighted by Crippen LogP contribution is -2.43. The van der Waals surface area contributed by atoms with E-state index in [-0.39, 0.29) is 0 Å². The van der Waals surface area contributed by atoms with Gasteiger partial charge in [-0.15, -0.1) is 0 Å². The Morgan fingerprint density at radius 2 is 2.00 bits per heavy atom. The largest absolute Gasteiger partial charge is 0.345 e. The maximum absolute atomic E-state index is 11.1. The average Bonchev–Trinajstić information content (AvgIpc) is 2.15. The first-order valence-electron chi connectivity index (χ1n) is 4.81. The highest BCUT2D eigenvalue weighted by Crippen LogP contribution is 2.37. The fraction of sp³-hybridized carbons (Fsp3) is 0.400. The number of ether oxygens (including phenoxy) is 1. The number of rotatable bonds is 1. The molecule has 0 amide bonds. The summed E-state index contributed by atoms with van der Waals surface area (Å²) in [6.45, 7) is 3.51. The van der Waals surface area contributed by atoms with Gasteiger partial charge in [-0.05, 0) is 19.9 Å². The molecular weight excluding hydrogens is 230 g/mol. The highest BCUT2D eigenvalue weighted by molar-refractivity contribution is 7.86. The van der Waals surface area contributed by atoms with Gasteiger partial charge in [0, 0.05) is 11.3 Å². The van der Waals surface area contributed by atoms with Crippen LogP contribution >= 0.6 is 0 Å². The van der Waals surface area contributed by atoms with Crippen molar-refractivity contribution in [2.45, 2.75) is 25.0 Å². The number of hydrogen-bond donors (Lipinski definition) is 2. The Morgan fingerprint density at radius 3 is 2.62 bits per heavy atom. The lowest BCUT2D eigenvalue weighted by Gasteiger charge is -2.37. The highest BCUT2D eigenvalue weighted by Gasteiger charge is 2.38. The third-order valence-corrected chi connectivity index (χ3v) is 3.28. The predicted molar refractivity (Wildman–Crippen MR) is 59.5 cm³/mol. The summed E-state index contributed by atoms with van der Waals surface area (Å²) in [7, 11) is -4.27. The van der Waals surface area contributed by atoms with Crippen LogP contribution in [-0.4, -0.2) is 18.5 Å². The van der Waals surface area contributed by atoms with Gasteiger partial charge in [0.05, 0.1) is 5.60 Å². The van der Waals surface area contributed by atoms with E-state index < -0.39 is 21.3 Å². The molecule has 0 spiro atoms. The highest BCUT2D eigenvalue weighted by atomic mass is 32.2. The van der Waals surface area contributed by atoms with Crippen molar-refractivity contribution in [3.63, 3.8) is 0 Å². The van der Waals surface area contributed by atoms with E-state index in [1.165, 1.54) is 0 Å². The van der Waals surface area contributed by atoms with Gasteiger partial charge in [-0.3, -0.25) is 4.55 Å².